The lowest BCUT2D eigenvalue weighted by atomic mass is 9.85. The van der Waals surface area contributed by atoms with Gasteiger partial charge >= 0.3 is 0 Å². The Bertz CT molecular complexity index is 213. The molecule has 0 radical (unpaired) electrons. The van der Waals surface area contributed by atoms with E-state index in [1.54, 1.807) is 0 Å². The van der Waals surface area contributed by atoms with Crippen molar-refractivity contribution < 1.29 is 0 Å². The van der Waals surface area contributed by atoms with Gasteiger partial charge in [-0.3, -0.25) is 0 Å². The Hall–Kier alpha value is -0.0800. The Balaban J connectivity index is 2.58. The molecule has 0 aliphatic carbocycles. The van der Waals surface area contributed by atoms with E-state index in [4.69, 9.17) is 0 Å². The molecule has 2 heteroatoms. The van der Waals surface area contributed by atoms with Gasteiger partial charge in [-0.15, -0.1) is 0 Å². The molecule has 1 aliphatic rings. The van der Waals surface area contributed by atoms with Crippen LogP contribution < -0.4 is 5.32 Å². The third kappa shape index (κ3) is 4.97. The number of rotatable bonds is 4. The zero-order valence-corrected chi connectivity index (χ0v) is 12.7. The molecular formula is C15H32N2. The van der Waals surface area contributed by atoms with Crippen LogP contribution in [-0.2, 0) is 0 Å². The summed E-state index contributed by atoms with van der Waals surface area (Å²) in [5.41, 5.74) is 0.273. The fraction of sp³-hybridized carbons (Fsp3) is 1.00. The lowest BCUT2D eigenvalue weighted by Gasteiger charge is -2.35. The van der Waals surface area contributed by atoms with E-state index in [2.05, 4.69) is 51.8 Å². The number of nitrogens with zero attached hydrogens (tertiary/aromatic N) is 1. The third-order valence-corrected chi connectivity index (χ3v) is 4.06. The van der Waals surface area contributed by atoms with E-state index in [1.165, 1.54) is 26.1 Å². The highest BCUT2D eigenvalue weighted by molar-refractivity contribution is 4.86. The van der Waals surface area contributed by atoms with Crippen LogP contribution in [-0.4, -0.2) is 36.6 Å². The fourth-order valence-corrected chi connectivity index (χ4v) is 3.07. The molecule has 0 amide bonds. The molecule has 2 nitrogen and oxygen atoms in total. The van der Waals surface area contributed by atoms with Crippen LogP contribution in [0.5, 0.6) is 0 Å². The first kappa shape index (κ1) is 15.0. The maximum absolute atomic E-state index is 3.64. The monoisotopic (exact) mass is 240 g/mol. The highest BCUT2D eigenvalue weighted by atomic mass is 15.2. The van der Waals surface area contributed by atoms with Gasteiger partial charge < -0.3 is 10.2 Å². The van der Waals surface area contributed by atoms with E-state index in [1.807, 2.05) is 0 Å². The maximum Gasteiger partial charge on any atom is 0.0252 e. The molecular weight excluding hydrogens is 208 g/mol. The van der Waals surface area contributed by atoms with Gasteiger partial charge in [0.05, 0.1) is 0 Å². The van der Waals surface area contributed by atoms with Crippen LogP contribution >= 0.6 is 0 Å². The van der Waals surface area contributed by atoms with Crippen molar-refractivity contribution in [1.82, 2.24) is 10.2 Å². The molecule has 0 saturated carbocycles. The Labute approximate surface area is 108 Å². The van der Waals surface area contributed by atoms with Gasteiger partial charge in [-0.2, -0.15) is 0 Å². The smallest absolute Gasteiger partial charge is 0.0252 e. The summed E-state index contributed by atoms with van der Waals surface area (Å²) in [6, 6.07) is 0. The van der Waals surface area contributed by atoms with Crippen LogP contribution in [0.4, 0.5) is 0 Å². The Morgan fingerprint density at radius 1 is 1.12 bits per heavy atom. The van der Waals surface area contributed by atoms with Gasteiger partial charge in [-0.1, -0.05) is 27.7 Å². The fourth-order valence-electron chi connectivity index (χ4n) is 3.07. The first-order valence-electron chi connectivity index (χ1n) is 7.29. The molecule has 0 atom stereocenters. The normalized spacial score (nSPS) is 22.4. The summed E-state index contributed by atoms with van der Waals surface area (Å²) in [6.45, 7) is 19.0. The van der Waals surface area contributed by atoms with E-state index < -0.39 is 0 Å². The molecule has 1 saturated heterocycles. The molecule has 1 N–H and O–H groups in total. The van der Waals surface area contributed by atoms with Crippen LogP contribution in [0, 0.1) is 17.8 Å². The lowest BCUT2D eigenvalue weighted by Crippen LogP contribution is -2.48. The lowest BCUT2D eigenvalue weighted by molar-refractivity contribution is 0.150. The molecule has 0 aromatic rings. The highest BCUT2D eigenvalue weighted by Crippen LogP contribution is 2.23. The molecule has 17 heavy (non-hydrogen) atoms. The molecule has 0 unspecified atom stereocenters. The summed E-state index contributed by atoms with van der Waals surface area (Å²) in [7, 11) is 0. The Morgan fingerprint density at radius 2 is 1.71 bits per heavy atom. The average molecular weight is 240 g/mol. The topological polar surface area (TPSA) is 15.3 Å². The largest absolute Gasteiger partial charge is 0.310 e. The van der Waals surface area contributed by atoms with Crippen LogP contribution in [0.1, 0.15) is 48.0 Å². The molecule has 1 rings (SSSR count). The summed E-state index contributed by atoms with van der Waals surface area (Å²) in [4.78, 5) is 2.67. The minimum absolute atomic E-state index is 0.273. The molecule has 0 spiro atoms. The first-order valence-corrected chi connectivity index (χ1v) is 7.29. The van der Waals surface area contributed by atoms with Crippen molar-refractivity contribution in [2.75, 3.05) is 26.2 Å². The molecule has 0 bridgehead atoms. The quantitative estimate of drug-likeness (QED) is 0.812. The number of hydrogen-bond donors (Lipinski definition) is 1. The molecule has 1 fully saturated rings. The predicted molar refractivity (Wildman–Crippen MR) is 76.3 cm³/mol. The van der Waals surface area contributed by atoms with Gasteiger partial charge in [-0.25, -0.2) is 0 Å². The van der Waals surface area contributed by atoms with Gasteiger partial charge in [0, 0.05) is 18.6 Å². The van der Waals surface area contributed by atoms with Crippen LogP contribution in [0.25, 0.3) is 0 Å². The van der Waals surface area contributed by atoms with Crippen molar-refractivity contribution in [2.24, 2.45) is 17.8 Å². The van der Waals surface area contributed by atoms with E-state index in [9.17, 15) is 0 Å². The molecule has 102 valence electrons. The van der Waals surface area contributed by atoms with Crippen molar-refractivity contribution in [3.8, 4) is 0 Å². The predicted octanol–water partition coefficient (Wildman–Crippen LogP) is 2.99. The summed E-state index contributed by atoms with van der Waals surface area (Å²) in [5.74, 6) is 2.40. The Morgan fingerprint density at radius 3 is 2.24 bits per heavy atom. The summed E-state index contributed by atoms with van der Waals surface area (Å²) in [6.07, 6.45) is 1.28. The van der Waals surface area contributed by atoms with Gasteiger partial charge in [0.1, 0.15) is 0 Å². The van der Waals surface area contributed by atoms with Gasteiger partial charge in [0.2, 0.25) is 0 Å². The van der Waals surface area contributed by atoms with Gasteiger partial charge in [-0.05, 0) is 51.1 Å². The zero-order chi connectivity index (χ0) is 13.1. The maximum atomic E-state index is 3.64. The molecule has 0 aromatic heterocycles. The van der Waals surface area contributed by atoms with Crippen molar-refractivity contribution in [2.45, 2.75) is 53.5 Å². The molecule has 0 aromatic carbocycles. The van der Waals surface area contributed by atoms with Crippen LogP contribution in [0.3, 0.4) is 0 Å². The summed E-state index contributed by atoms with van der Waals surface area (Å²) in [5, 5.41) is 3.64. The average Bonchev–Trinajstić information content (AvgIpc) is 2.34. The van der Waals surface area contributed by atoms with Gasteiger partial charge in [0.25, 0.3) is 0 Å². The Kier molecular flexibility index (Phi) is 5.46. The SMILES string of the molecule is CC(C)C(CN1CCCNC(C)(C)C1)C(C)C. The number of hydrogen-bond acceptors (Lipinski definition) is 2. The minimum atomic E-state index is 0.273. The van der Waals surface area contributed by atoms with E-state index in [0.717, 1.165) is 24.3 Å². The highest BCUT2D eigenvalue weighted by Gasteiger charge is 2.27. The second-order valence-electron chi connectivity index (χ2n) is 7.05. The summed E-state index contributed by atoms with van der Waals surface area (Å²) < 4.78 is 0. The first-order chi connectivity index (χ1) is 7.82. The zero-order valence-electron chi connectivity index (χ0n) is 12.7. The molecule has 1 heterocycles. The standard InChI is InChI=1S/C15H32N2/c1-12(2)14(13(3)4)10-17-9-7-8-16-15(5,6)11-17/h12-14,16H,7-11H2,1-6H3. The van der Waals surface area contributed by atoms with Crippen LogP contribution in [0.15, 0.2) is 0 Å². The second-order valence-corrected chi connectivity index (χ2v) is 7.05. The minimum Gasteiger partial charge on any atom is -0.310 e. The van der Waals surface area contributed by atoms with Crippen molar-refractivity contribution >= 4 is 0 Å². The second kappa shape index (κ2) is 6.19. The van der Waals surface area contributed by atoms with Crippen molar-refractivity contribution in [3.05, 3.63) is 0 Å². The van der Waals surface area contributed by atoms with Crippen molar-refractivity contribution in [1.29, 1.82) is 0 Å². The summed E-state index contributed by atoms with van der Waals surface area (Å²) >= 11 is 0. The van der Waals surface area contributed by atoms with Crippen LogP contribution in [0.2, 0.25) is 0 Å². The van der Waals surface area contributed by atoms with Gasteiger partial charge in [0.15, 0.2) is 0 Å². The molecule has 1 aliphatic heterocycles. The van der Waals surface area contributed by atoms with E-state index >= 15 is 0 Å². The van der Waals surface area contributed by atoms with Crippen molar-refractivity contribution in [3.63, 3.8) is 0 Å². The number of nitrogens with one attached hydrogen (secondary N) is 1. The van der Waals surface area contributed by atoms with E-state index in [-0.39, 0.29) is 5.54 Å². The van der Waals surface area contributed by atoms with E-state index in [0.29, 0.717) is 0 Å². The third-order valence-electron chi connectivity index (χ3n) is 4.06.